The van der Waals surface area contributed by atoms with Crippen LogP contribution in [0, 0.1) is 5.92 Å². The second-order valence-corrected chi connectivity index (χ2v) is 7.75. The first-order valence-corrected chi connectivity index (χ1v) is 9.84. The molecule has 0 aliphatic carbocycles. The largest absolute Gasteiger partial charge is 0.497 e. The second-order valence-electron chi connectivity index (χ2n) is 6.12. The Kier molecular flexibility index (Phi) is 7.55. The zero-order valence-corrected chi connectivity index (χ0v) is 17.2. The minimum Gasteiger partial charge on any atom is -0.497 e. The Balaban J connectivity index is 2.10. The molecule has 0 unspecified atom stereocenters. The average Bonchev–Trinajstić information content (AvgIpc) is 3.13. The van der Waals surface area contributed by atoms with Gasteiger partial charge in [-0.15, -0.1) is 21.8 Å². The zero-order valence-electron chi connectivity index (χ0n) is 15.7. The zero-order chi connectivity index (χ0) is 20.0. The predicted molar refractivity (Wildman–Crippen MR) is 107 cm³/mol. The standard InChI is InChI=1S/C18H23ClN4O3S/c1-5-10(2)14(20-15(24)11(3)19)16(25)21-18-23-22-17(27-18)12-6-8-13(26-4)9-7-12/h6-11,14H,5H2,1-4H3,(H,20,24)(H,21,23,25)/t10-,11-,14-/m1/s1. The van der Waals surface area contributed by atoms with E-state index in [2.05, 4.69) is 20.8 Å². The summed E-state index contributed by atoms with van der Waals surface area (Å²) in [5, 5.41) is 13.9. The SMILES string of the molecule is CC[C@@H](C)[C@@H](NC(=O)[C@@H](C)Cl)C(=O)Nc1nnc(-c2ccc(OC)cc2)s1. The number of ether oxygens (including phenoxy) is 1. The van der Waals surface area contributed by atoms with Crippen LogP contribution in [0.25, 0.3) is 10.6 Å². The summed E-state index contributed by atoms with van der Waals surface area (Å²) in [6.45, 7) is 5.41. The second kappa shape index (κ2) is 9.66. The topological polar surface area (TPSA) is 93.2 Å². The summed E-state index contributed by atoms with van der Waals surface area (Å²) in [5.41, 5.74) is 0.872. The number of carbonyl (C=O) groups excluding carboxylic acids is 2. The van der Waals surface area contributed by atoms with E-state index in [1.165, 1.54) is 11.3 Å². The molecule has 0 bridgehead atoms. The van der Waals surface area contributed by atoms with Crippen LogP contribution in [0.5, 0.6) is 5.75 Å². The normalized spacial score (nSPS) is 14.1. The smallest absolute Gasteiger partial charge is 0.249 e. The minimum atomic E-state index is -0.715. The maximum Gasteiger partial charge on any atom is 0.249 e. The van der Waals surface area contributed by atoms with Crippen LogP contribution in [-0.4, -0.2) is 40.5 Å². The Bertz CT molecular complexity index is 779. The van der Waals surface area contributed by atoms with Gasteiger partial charge in [0.1, 0.15) is 22.2 Å². The Hall–Kier alpha value is -2.19. The molecule has 2 rings (SSSR count). The lowest BCUT2D eigenvalue weighted by molar-refractivity contribution is -0.127. The molecule has 3 atom stereocenters. The molecule has 0 radical (unpaired) electrons. The number of halogens is 1. The number of methoxy groups -OCH3 is 1. The number of hydrogen-bond acceptors (Lipinski definition) is 6. The molecule has 0 spiro atoms. The Labute approximate surface area is 167 Å². The van der Waals surface area contributed by atoms with E-state index in [1.807, 2.05) is 38.1 Å². The van der Waals surface area contributed by atoms with Crippen LogP contribution in [0.2, 0.25) is 0 Å². The van der Waals surface area contributed by atoms with E-state index in [-0.39, 0.29) is 17.7 Å². The molecule has 0 aliphatic heterocycles. The molecule has 1 aromatic heterocycles. The van der Waals surface area contributed by atoms with Crippen molar-refractivity contribution in [3.63, 3.8) is 0 Å². The molecule has 2 amide bonds. The molecule has 0 aliphatic rings. The van der Waals surface area contributed by atoms with E-state index < -0.39 is 11.4 Å². The number of aromatic nitrogens is 2. The first-order valence-electron chi connectivity index (χ1n) is 8.59. The summed E-state index contributed by atoms with van der Waals surface area (Å²) < 4.78 is 5.14. The molecule has 146 valence electrons. The summed E-state index contributed by atoms with van der Waals surface area (Å²) in [6.07, 6.45) is 0.724. The fraction of sp³-hybridized carbons (Fsp3) is 0.444. The first-order chi connectivity index (χ1) is 12.8. The fourth-order valence-electron chi connectivity index (χ4n) is 2.28. The van der Waals surface area contributed by atoms with Gasteiger partial charge in [0, 0.05) is 5.56 Å². The van der Waals surface area contributed by atoms with Crippen molar-refractivity contribution < 1.29 is 14.3 Å². The lowest BCUT2D eigenvalue weighted by Gasteiger charge is -2.23. The van der Waals surface area contributed by atoms with Gasteiger partial charge < -0.3 is 10.1 Å². The molecule has 1 aromatic carbocycles. The van der Waals surface area contributed by atoms with Crippen LogP contribution in [0.3, 0.4) is 0 Å². The van der Waals surface area contributed by atoms with Gasteiger partial charge in [-0.2, -0.15) is 0 Å². The van der Waals surface area contributed by atoms with Crippen molar-refractivity contribution in [2.75, 3.05) is 12.4 Å². The third-order valence-electron chi connectivity index (χ3n) is 4.15. The fourth-order valence-corrected chi connectivity index (χ4v) is 3.09. The van der Waals surface area contributed by atoms with Gasteiger partial charge in [-0.3, -0.25) is 14.9 Å². The van der Waals surface area contributed by atoms with Crippen molar-refractivity contribution in [2.45, 2.75) is 38.6 Å². The number of hydrogen-bond donors (Lipinski definition) is 2. The van der Waals surface area contributed by atoms with Crippen molar-refractivity contribution in [2.24, 2.45) is 5.92 Å². The summed E-state index contributed by atoms with van der Waals surface area (Å²) in [6, 6.07) is 6.70. The van der Waals surface area contributed by atoms with E-state index in [0.717, 1.165) is 17.7 Å². The molecule has 0 saturated heterocycles. The van der Waals surface area contributed by atoms with Crippen molar-refractivity contribution in [3.05, 3.63) is 24.3 Å². The molecule has 0 saturated carbocycles. The highest BCUT2D eigenvalue weighted by atomic mass is 35.5. The van der Waals surface area contributed by atoms with Crippen molar-refractivity contribution >= 4 is 39.9 Å². The highest BCUT2D eigenvalue weighted by molar-refractivity contribution is 7.18. The number of alkyl halides is 1. The van der Waals surface area contributed by atoms with Crippen molar-refractivity contribution in [1.29, 1.82) is 0 Å². The number of rotatable bonds is 8. The van der Waals surface area contributed by atoms with Crippen molar-refractivity contribution in [3.8, 4) is 16.3 Å². The number of nitrogens with zero attached hydrogens (tertiary/aromatic N) is 2. The number of amides is 2. The molecule has 2 aromatic rings. The Morgan fingerprint density at radius 2 is 1.85 bits per heavy atom. The van der Waals surface area contributed by atoms with E-state index >= 15 is 0 Å². The van der Waals surface area contributed by atoms with E-state index in [1.54, 1.807) is 14.0 Å². The lowest BCUT2D eigenvalue weighted by Crippen LogP contribution is -2.49. The highest BCUT2D eigenvalue weighted by Crippen LogP contribution is 2.28. The number of anilines is 1. The van der Waals surface area contributed by atoms with E-state index in [9.17, 15) is 9.59 Å². The number of benzene rings is 1. The number of carbonyl (C=O) groups is 2. The van der Waals surface area contributed by atoms with Gasteiger partial charge in [-0.25, -0.2) is 0 Å². The summed E-state index contributed by atoms with van der Waals surface area (Å²) in [5.74, 6) is -0.0310. The summed E-state index contributed by atoms with van der Waals surface area (Å²) in [4.78, 5) is 24.6. The molecule has 27 heavy (non-hydrogen) atoms. The summed E-state index contributed by atoms with van der Waals surface area (Å²) >= 11 is 7.06. The Morgan fingerprint density at radius 3 is 2.41 bits per heavy atom. The highest BCUT2D eigenvalue weighted by Gasteiger charge is 2.28. The monoisotopic (exact) mass is 410 g/mol. The van der Waals surface area contributed by atoms with E-state index in [0.29, 0.717) is 10.1 Å². The maximum absolute atomic E-state index is 12.7. The summed E-state index contributed by atoms with van der Waals surface area (Å²) in [7, 11) is 1.60. The van der Waals surface area contributed by atoms with Crippen LogP contribution < -0.4 is 15.4 Å². The third kappa shape index (κ3) is 5.64. The third-order valence-corrected chi connectivity index (χ3v) is 5.23. The first kappa shape index (κ1) is 21.1. The maximum atomic E-state index is 12.7. The average molecular weight is 411 g/mol. The quantitative estimate of drug-likeness (QED) is 0.651. The van der Waals surface area contributed by atoms with Crippen LogP contribution in [0.15, 0.2) is 24.3 Å². The van der Waals surface area contributed by atoms with E-state index in [4.69, 9.17) is 16.3 Å². The van der Waals surface area contributed by atoms with Gasteiger partial charge in [0.05, 0.1) is 7.11 Å². The molecule has 2 N–H and O–H groups in total. The van der Waals surface area contributed by atoms with Gasteiger partial charge in [0.25, 0.3) is 0 Å². The van der Waals surface area contributed by atoms with Gasteiger partial charge in [-0.05, 0) is 37.1 Å². The lowest BCUT2D eigenvalue weighted by atomic mass is 9.98. The minimum absolute atomic E-state index is 0.0571. The van der Waals surface area contributed by atoms with Crippen LogP contribution in [0.1, 0.15) is 27.2 Å². The van der Waals surface area contributed by atoms with Crippen LogP contribution in [-0.2, 0) is 9.59 Å². The number of nitrogens with one attached hydrogen (secondary N) is 2. The Morgan fingerprint density at radius 1 is 1.19 bits per heavy atom. The molecule has 0 fully saturated rings. The predicted octanol–water partition coefficient (Wildman–Crippen LogP) is 3.31. The van der Waals surface area contributed by atoms with Crippen LogP contribution in [0.4, 0.5) is 5.13 Å². The van der Waals surface area contributed by atoms with Gasteiger partial charge in [0.15, 0.2) is 0 Å². The molecular formula is C18H23ClN4O3S. The van der Waals surface area contributed by atoms with Crippen LogP contribution >= 0.6 is 22.9 Å². The van der Waals surface area contributed by atoms with Gasteiger partial charge in [-0.1, -0.05) is 31.6 Å². The molecular weight excluding hydrogens is 388 g/mol. The molecule has 1 heterocycles. The molecule has 7 nitrogen and oxygen atoms in total. The van der Waals surface area contributed by atoms with Gasteiger partial charge >= 0.3 is 0 Å². The van der Waals surface area contributed by atoms with Crippen molar-refractivity contribution in [1.82, 2.24) is 15.5 Å². The molecule has 9 heteroatoms. The van der Waals surface area contributed by atoms with Gasteiger partial charge in [0.2, 0.25) is 16.9 Å².